The van der Waals surface area contributed by atoms with Gasteiger partial charge in [0.1, 0.15) is 0 Å². The van der Waals surface area contributed by atoms with Gasteiger partial charge >= 0.3 is 0 Å². The van der Waals surface area contributed by atoms with Gasteiger partial charge in [0.05, 0.1) is 6.04 Å². The monoisotopic (exact) mass is 266 g/mol. The van der Waals surface area contributed by atoms with Crippen LogP contribution in [-0.2, 0) is 6.42 Å². The highest BCUT2D eigenvalue weighted by Gasteiger charge is 2.26. The average molecular weight is 266 g/mol. The molecule has 1 aliphatic rings. The summed E-state index contributed by atoms with van der Waals surface area (Å²) in [6.45, 7) is 13.2. The van der Waals surface area contributed by atoms with Crippen molar-refractivity contribution in [3.05, 3.63) is 11.7 Å². The number of aryl methyl sites for hydroxylation is 1. The minimum atomic E-state index is 0.229. The Hall–Kier alpha value is -0.940. The summed E-state index contributed by atoms with van der Waals surface area (Å²) < 4.78 is 5.39. The van der Waals surface area contributed by atoms with Crippen LogP contribution < -0.4 is 0 Å². The largest absolute Gasteiger partial charge is 0.338 e. The van der Waals surface area contributed by atoms with Crippen molar-refractivity contribution in [3.8, 4) is 0 Å². The average Bonchev–Trinajstić information content (AvgIpc) is 2.87. The summed E-state index contributed by atoms with van der Waals surface area (Å²) in [5.74, 6) is 1.60. The molecule has 2 heterocycles. The van der Waals surface area contributed by atoms with Crippen LogP contribution in [-0.4, -0.2) is 52.2 Å². The minimum absolute atomic E-state index is 0.229. The predicted octanol–water partition coefficient (Wildman–Crippen LogP) is 2.11. The summed E-state index contributed by atoms with van der Waals surface area (Å²) in [7, 11) is 0. The first-order chi connectivity index (χ1) is 9.11. The number of aromatic nitrogens is 2. The van der Waals surface area contributed by atoms with Crippen LogP contribution in [0.2, 0.25) is 0 Å². The Morgan fingerprint density at radius 2 is 1.74 bits per heavy atom. The molecule has 1 fully saturated rings. The maximum absolute atomic E-state index is 5.39. The number of piperazine rings is 1. The molecular formula is C14H26N4O. The van der Waals surface area contributed by atoms with Crippen molar-refractivity contribution in [1.29, 1.82) is 0 Å². The predicted molar refractivity (Wildman–Crippen MR) is 75.0 cm³/mol. The molecule has 0 bridgehead atoms. The number of hydrogen-bond donors (Lipinski definition) is 0. The topological polar surface area (TPSA) is 45.4 Å². The molecular weight excluding hydrogens is 240 g/mol. The van der Waals surface area contributed by atoms with Crippen molar-refractivity contribution < 1.29 is 4.52 Å². The van der Waals surface area contributed by atoms with E-state index >= 15 is 0 Å². The first-order valence-corrected chi connectivity index (χ1v) is 7.42. The van der Waals surface area contributed by atoms with Gasteiger partial charge in [-0.1, -0.05) is 12.1 Å². The van der Waals surface area contributed by atoms with Crippen LogP contribution in [0, 0.1) is 0 Å². The maximum atomic E-state index is 5.39. The molecule has 0 N–H and O–H groups in total. The fourth-order valence-corrected chi connectivity index (χ4v) is 2.56. The first-order valence-electron chi connectivity index (χ1n) is 7.42. The molecule has 0 spiro atoms. The van der Waals surface area contributed by atoms with E-state index < -0.39 is 0 Å². The molecule has 108 valence electrons. The van der Waals surface area contributed by atoms with E-state index in [0.717, 1.165) is 50.7 Å². The third-order valence-corrected chi connectivity index (χ3v) is 3.94. The van der Waals surface area contributed by atoms with Gasteiger partial charge < -0.3 is 4.52 Å². The van der Waals surface area contributed by atoms with Crippen molar-refractivity contribution in [2.75, 3.05) is 26.2 Å². The zero-order valence-electron chi connectivity index (χ0n) is 12.6. The van der Waals surface area contributed by atoms with E-state index in [0.29, 0.717) is 6.04 Å². The van der Waals surface area contributed by atoms with Crippen molar-refractivity contribution in [1.82, 2.24) is 19.9 Å². The van der Waals surface area contributed by atoms with Gasteiger partial charge in [0.25, 0.3) is 0 Å². The summed E-state index contributed by atoms with van der Waals surface area (Å²) >= 11 is 0. The lowest BCUT2D eigenvalue weighted by atomic mass is 10.2. The third-order valence-electron chi connectivity index (χ3n) is 3.94. The lowest BCUT2D eigenvalue weighted by Gasteiger charge is -2.38. The van der Waals surface area contributed by atoms with Gasteiger partial charge in [-0.3, -0.25) is 9.80 Å². The molecule has 2 rings (SSSR count). The number of hydrogen-bond acceptors (Lipinski definition) is 5. The van der Waals surface area contributed by atoms with Crippen LogP contribution in [0.4, 0.5) is 0 Å². The van der Waals surface area contributed by atoms with E-state index in [9.17, 15) is 0 Å². The highest BCUT2D eigenvalue weighted by atomic mass is 16.5. The zero-order chi connectivity index (χ0) is 13.8. The molecule has 1 aromatic heterocycles. The highest BCUT2D eigenvalue weighted by molar-refractivity contribution is 4.93. The Kier molecular flexibility index (Phi) is 4.93. The molecule has 1 unspecified atom stereocenters. The highest BCUT2D eigenvalue weighted by Crippen LogP contribution is 2.20. The van der Waals surface area contributed by atoms with E-state index in [1.807, 2.05) is 0 Å². The summed E-state index contributed by atoms with van der Waals surface area (Å²) in [6.07, 6.45) is 1.96. The standard InChI is InChI=1S/C14H26N4O/c1-5-6-13-15-14(19-16-13)12(4)18-9-7-17(8-10-18)11(2)3/h11-12H,5-10H2,1-4H3. The maximum Gasteiger partial charge on any atom is 0.243 e. The lowest BCUT2D eigenvalue weighted by Crippen LogP contribution is -2.49. The Morgan fingerprint density at radius 3 is 2.32 bits per heavy atom. The van der Waals surface area contributed by atoms with Gasteiger partial charge in [-0.2, -0.15) is 4.98 Å². The Bertz CT molecular complexity index is 383. The normalized spacial score (nSPS) is 20.1. The summed E-state index contributed by atoms with van der Waals surface area (Å²) in [4.78, 5) is 9.44. The van der Waals surface area contributed by atoms with E-state index in [4.69, 9.17) is 4.52 Å². The number of nitrogens with zero attached hydrogens (tertiary/aromatic N) is 4. The van der Waals surface area contributed by atoms with Crippen LogP contribution in [0.15, 0.2) is 4.52 Å². The van der Waals surface area contributed by atoms with Gasteiger partial charge in [-0.05, 0) is 27.2 Å². The van der Waals surface area contributed by atoms with E-state index in [2.05, 4.69) is 47.6 Å². The van der Waals surface area contributed by atoms with Crippen molar-refractivity contribution >= 4 is 0 Å². The molecule has 0 amide bonds. The molecule has 0 radical (unpaired) electrons. The van der Waals surface area contributed by atoms with Gasteiger partial charge in [0.2, 0.25) is 5.89 Å². The van der Waals surface area contributed by atoms with Crippen LogP contribution in [0.5, 0.6) is 0 Å². The van der Waals surface area contributed by atoms with E-state index in [1.54, 1.807) is 0 Å². The first kappa shape index (κ1) is 14.5. The summed E-state index contributed by atoms with van der Waals surface area (Å²) in [6, 6.07) is 0.865. The van der Waals surface area contributed by atoms with Crippen molar-refractivity contribution in [2.45, 2.75) is 52.6 Å². The van der Waals surface area contributed by atoms with Crippen LogP contribution in [0.25, 0.3) is 0 Å². The Labute approximate surface area is 116 Å². The molecule has 5 heteroatoms. The summed E-state index contributed by atoms with van der Waals surface area (Å²) in [5, 5.41) is 4.04. The molecule has 1 aromatic rings. The molecule has 0 aromatic carbocycles. The molecule has 5 nitrogen and oxygen atoms in total. The number of rotatable bonds is 5. The van der Waals surface area contributed by atoms with E-state index in [-0.39, 0.29) is 6.04 Å². The van der Waals surface area contributed by atoms with Gasteiger partial charge in [0, 0.05) is 38.6 Å². The second-order valence-corrected chi connectivity index (χ2v) is 5.64. The van der Waals surface area contributed by atoms with Crippen LogP contribution >= 0.6 is 0 Å². The summed E-state index contributed by atoms with van der Waals surface area (Å²) in [5.41, 5.74) is 0. The van der Waals surface area contributed by atoms with Crippen LogP contribution in [0.1, 0.15) is 51.9 Å². The second-order valence-electron chi connectivity index (χ2n) is 5.64. The van der Waals surface area contributed by atoms with Crippen molar-refractivity contribution in [2.24, 2.45) is 0 Å². The SMILES string of the molecule is CCCc1noc(C(C)N2CCN(C(C)C)CC2)n1. The zero-order valence-corrected chi connectivity index (χ0v) is 12.6. The van der Waals surface area contributed by atoms with E-state index in [1.165, 1.54) is 0 Å². The lowest BCUT2D eigenvalue weighted by molar-refractivity contribution is 0.0722. The third kappa shape index (κ3) is 3.54. The fraction of sp³-hybridized carbons (Fsp3) is 0.857. The molecule has 0 saturated carbocycles. The minimum Gasteiger partial charge on any atom is -0.338 e. The molecule has 1 aliphatic heterocycles. The Balaban J connectivity index is 1.91. The Morgan fingerprint density at radius 1 is 1.11 bits per heavy atom. The smallest absolute Gasteiger partial charge is 0.243 e. The van der Waals surface area contributed by atoms with Crippen LogP contribution in [0.3, 0.4) is 0 Å². The van der Waals surface area contributed by atoms with Crippen molar-refractivity contribution in [3.63, 3.8) is 0 Å². The molecule has 1 saturated heterocycles. The molecule has 0 aliphatic carbocycles. The molecule has 1 atom stereocenters. The van der Waals surface area contributed by atoms with Gasteiger partial charge in [-0.25, -0.2) is 0 Å². The van der Waals surface area contributed by atoms with Gasteiger partial charge in [0.15, 0.2) is 5.82 Å². The molecule has 19 heavy (non-hydrogen) atoms. The second kappa shape index (κ2) is 6.48. The quantitative estimate of drug-likeness (QED) is 0.817. The fourth-order valence-electron chi connectivity index (χ4n) is 2.56. The van der Waals surface area contributed by atoms with Gasteiger partial charge in [-0.15, -0.1) is 0 Å².